The molecule has 11 heteroatoms. The van der Waals surface area contributed by atoms with Crippen LogP contribution in [-0.2, 0) is 11.2 Å². The van der Waals surface area contributed by atoms with E-state index in [1.54, 1.807) is 12.3 Å². The Labute approximate surface area is 222 Å². The van der Waals surface area contributed by atoms with Gasteiger partial charge < -0.3 is 25.4 Å². The van der Waals surface area contributed by atoms with Crippen molar-refractivity contribution in [3.05, 3.63) is 59.8 Å². The lowest BCUT2D eigenvalue weighted by Crippen LogP contribution is -2.37. The molecular formula is C27H35FN8O2. The van der Waals surface area contributed by atoms with E-state index in [1.807, 2.05) is 30.1 Å². The van der Waals surface area contributed by atoms with Crippen LogP contribution in [0.2, 0.25) is 0 Å². The molecule has 10 nitrogen and oxygen atoms in total. The summed E-state index contributed by atoms with van der Waals surface area (Å²) in [4.78, 5) is 14.4. The molecule has 2 aromatic heterocycles. The fraction of sp³-hybridized carbons (Fsp3) is 0.407. The maximum absolute atomic E-state index is 14.2. The summed E-state index contributed by atoms with van der Waals surface area (Å²) in [6.07, 6.45) is 7.45. The number of halogens is 1. The first-order valence-electron chi connectivity index (χ1n) is 12.8. The molecule has 0 amide bonds. The monoisotopic (exact) mass is 522 g/mol. The van der Waals surface area contributed by atoms with E-state index in [2.05, 4.69) is 49.1 Å². The molecule has 1 fully saturated rings. The molecule has 38 heavy (non-hydrogen) atoms. The van der Waals surface area contributed by atoms with Gasteiger partial charge in [-0.2, -0.15) is 10.1 Å². The van der Waals surface area contributed by atoms with Gasteiger partial charge in [-0.05, 0) is 68.6 Å². The van der Waals surface area contributed by atoms with Crippen LogP contribution in [0.4, 0.5) is 27.5 Å². The van der Waals surface area contributed by atoms with Crippen LogP contribution < -0.4 is 21.0 Å². The summed E-state index contributed by atoms with van der Waals surface area (Å²) in [5, 5.41) is 20.8. The first-order valence-corrected chi connectivity index (χ1v) is 12.8. The molecule has 3 aromatic rings. The zero-order valence-electron chi connectivity index (χ0n) is 21.8. The minimum absolute atomic E-state index is 0.193. The normalized spacial score (nSPS) is 14.6. The van der Waals surface area contributed by atoms with Crippen LogP contribution >= 0.6 is 0 Å². The summed E-state index contributed by atoms with van der Waals surface area (Å²) in [6, 6.07) is 9.25. The van der Waals surface area contributed by atoms with E-state index >= 15 is 0 Å². The number of phenols is 1. The standard InChI is InChI=1S/C27H35FN8O2/c1-19(15-29-2)4-3-5-20-12-23(14-24(37)13-20)33-22-7-6-21(30-16-22)17-32-35-27-31-18-25(28)26(34-27)36-8-10-38-11-9-36/h6-7,12-14,16-19,29,33,37H,3-5,8-11,15H2,1-2H3,(H,31,34,35)/b32-17+. The van der Waals surface area contributed by atoms with E-state index in [-0.39, 0.29) is 17.5 Å². The van der Waals surface area contributed by atoms with Crippen LogP contribution in [0.1, 0.15) is 31.0 Å². The number of ether oxygens (including phenoxy) is 1. The maximum Gasteiger partial charge on any atom is 0.245 e. The van der Waals surface area contributed by atoms with Gasteiger partial charge in [-0.3, -0.25) is 4.98 Å². The van der Waals surface area contributed by atoms with Crippen molar-refractivity contribution in [1.82, 2.24) is 20.3 Å². The highest BCUT2D eigenvalue weighted by molar-refractivity contribution is 5.78. The average molecular weight is 523 g/mol. The van der Waals surface area contributed by atoms with Crippen molar-refractivity contribution in [2.45, 2.75) is 26.2 Å². The Balaban J connectivity index is 1.31. The Morgan fingerprint density at radius 2 is 2.00 bits per heavy atom. The maximum atomic E-state index is 14.2. The fourth-order valence-corrected chi connectivity index (χ4v) is 4.28. The lowest BCUT2D eigenvalue weighted by Gasteiger charge is -2.27. The highest BCUT2D eigenvalue weighted by Crippen LogP contribution is 2.25. The van der Waals surface area contributed by atoms with E-state index in [0.29, 0.717) is 37.9 Å². The average Bonchev–Trinajstić information content (AvgIpc) is 2.91. The lowest BCUT2D eigenvalue weighted by atomic mass is 10.0. The number of aromatic hydroxyl groups is 1. The van der Waals surface area contributed by atoms with Crippen molar-refractivity contribution in [1.29, 1.82) is 0 Å². The van der Waals surface area contributed by atoms with E-state index in [1.165, 1.54) is 6.21 Å². The Morgan fingerprint density at radius 1 is 1.16 bits per heavy atom. The molecule has 0 aliphatic carbocycles. The van der Waals surface area contributed by atoms with Crippen molar-refractivity contribution in [3.8, 4) is 5.75 Å². The largest absolute Gasteiger partial charge is 0.508 e. The molecule has 0 radical (unpaired) electrons. The second kappa shape index (κ2) is 13.6. The highest BCUT2D eigenvalue weighted by Gasteiger charge is 2.17. The van der Waals surface area contributed by atoms with Gasteiger partial charge in [0.25, 0.3) is 0 Å². The SMILES string of the molecule is CNCC(C)CCCc1cc(O)cc(Nc2ccc(/C=N/Nc3ncc(F)c(N4CCOCC4)n3)nc2)c1. The molecule has 4 rings (SSSR count). The molecule has 202 valence electrons. The minimum Gasteiger partial charge on any atom is -0.508 e. The van der Waals surface area contributed by atoms with Crippen molar-refractivity contribution in [3.63, 3.8) is 0 Å². The van der Waals surface area contributed by atoms with Crippen LogP contribution in [0, 0.1) is 11.7 Å². The topological polar surface area (TPSA) is 120 Å². The number of pyridine rings is 1. The second-order valence-corrected chi connectivity index (χ2v) is 9.37. The summed E-state index contributed by atoms with van der Waals surface area (Å²) < 4.78 is 19.5. The third-order valence-electron chi connectivity index (χ3n) is 6.17. The molecule has 1 aliphatic rings. The Hall–Kier alpha value is -3.83. The van der Waals surface area contributed by atoms with Gasteiger partial charge in [-0.15, -0.1) is 0 Å². The molecule has 4 N–H and O–H groups in total. The van der Waals surface area contributed by atoms with E-state index in [4.69, 9.17) is 4.74 Å². The fourth-order valence-electron chi connectivity index (χ4n) is 4.28. The van der Waals surface area contributed by atoms with Crippen LogP contribution in [0.3, 0.4) is 0 Å². The minimum atomic E-state index is -0.482. The highest BCUT2D eigenvalue weighted by atomic mass is 19.1. The Morgan fingerprint density at radius 3 is 2.76 bits per heavy atom. The van der Waals surface area contributed by atoms with Crippen molar-refractivity contribution < 1.29 is 14.2 Å². The third-order valence-corrected chi connectivity index (χ3v) is 6.17. The first-order chi connectivity index (χ1) is 18.5. The van der Waals surface area contributed by atoms with Crippen LogP contribution in [0.5, 0.6) is 5.75 Å². The van der Waals surface area contributed by atoms with Gasteiger partial charge in [0.1, 0.15) is 5.75 Å². The summed E-state index contributed by atoms with van der Waals surface area (Å²) >= 11 is 0. The molecule has 3 heterocycles. The number of rotatable bonds is 12. The number of morpholine rings is 1. The van der Waals surface area contributed by atoms with E-state index in [9.17, 15) is 9.50 Å². The number of aryl methyl sites for hydroxylation is 1. The number of hydrogen-bond donors (Lipinski definition) is 4. The van der Waals surface area contributed by atoms with Gasteiger partial charge in [0.05, 0.1) is 43.2 Å². The summed E-state index contributed by atoms with van der Waals surface area (Å²) in [7, 11) is 1.97. The summed E-state index contributed by atoms with van der Waals surface area (Å²) in [5.41, 5.74) is 6.03. The molecule has 1 unspecified atom stereocenters. The van der Waals surface area contributed by atoms with Gasteiger partial charge in [0.2, 0.25) is 5.95 Å². The number of benzene rings is 1. The molecule has 1 atom stereocenters. The molecule has 0 bridgehead atoms. The quantitative estimate of drug-likeness (QED) is 0.207. The molecular weight excluding hydrogens is 487 g/mol. The Bertz CT molecular complexity index is 1200. The van der Waals surface area contributed by atoms with Gasteiger partial charge >= 0.3 is 0 Å². The Kier molecular flexibility index (Phi) is 9.77. The molecule has 1 aliphatic heterocycles. The third kappa shape index (κ3) is 8.09. The van der Waals surface area contributed by atoms with Crippen molar-refractivity contribution >= 4 is 29.4 Å². The lowest BCUT2D eigenvalue weighted by molar-refractivity contribution is 0.122. The van der Waals surface area contributed by atoms with Crippen molar-refractivity contribution in [2.24, 2.45) is 11.0 Å². The van der Waals surface area contributed by atoms with Gasteiger partial charge in [0.15, 0.2) is 11.6 Å². The zero-order chi connectivity index (χ0) is 26.7. The van der Waals surface area contributed by atoms with Gasteiger partial charge in [0, 0.05) is 24.8 Å². The smallest absolute Gasteiger partial charge is 0.245 e. The predicted molar refractivity (Wildman–Crippen MR) is 148 cm³/mol. The number of hydrazone groups is 1. The van der Waals surface area contributed by atoms with E-state index in [0.717, 1.165) is 48.9 Å². The summed E-state index contributed by atoms with van der Waals surface area (Å²) in [5.74, 6) is 0.792. The molecule has 1 saturated heterocycles. The number of aromatic nitrogens is 3. The molecule has 0 saturated carbocycles. The van der Waals surface area contributed by atoms with E-state index < -0.39 is 5.82 Å². The van der Waals surface area contributed by atoms with Crippen molar-refractivity contribution in [2.75, 3.05) is 55.5 Å². The van der Waals surface area contributed by atoms with Gasteiger partial charge in [-0.25, -0.2) is 14.8 Å². The zero-order valence-corrected chi connectivity index (χ0v) is 21.8. The molecule has 1 aromatic carbocycles. The first kappa shape index (κ1) is 27.2. The van der Waals surface area contributed by atoms with Crippen LogP contribution in [0.25, 0.3) is 0 Å². The molecule has 0 spiro atoms. The number of nitrogens with one attached hydrogen (secondary N) is 3. The van der Waals surface area contributed by atoms with Crippen LogP contribution in [0.15, 0.2) is 47.8 Å². The second-order valence-electron chi connectivity index (χ2n) is 9.37. The summed E-state index contributed by atoms with van der Waals surface area (Å²) in [6.45, 7) is 5.45. The number of phenolic OH excluding ortho intramolecular Hbond substituents is 1. The van der Waals surface area contributed by atoms with Crippen LogP contribution in [-0.4, -0.2) is 66.2 Å². The number of hydrogen-bond acceptors (Lipinski definition) is 10. The van der Waals surface area contributed by atoms with Gasteiger partial charge in [-0.1, -0.05) is 6.92 Å². The number of anilines is 4. The predicted octanol–water partition coefficient (Wildman–Crippen LogP) is 3.92. The number of nitrogens with zero attached hydrogens (tertiary/aromatic N) is 5.